The lowest BCUT2D eigenvalue weighted by Crippen LogP contribution is -2.47. The molecule has 2 aliphatic heterocycles. The van der Waals surface area contributed by atoms with Gasteiger partial charge in [0, 0.05) is 62.6 Å². The number of sulfonamides is 1. The summed E-state index contributed by atoms with van der Waals surface area (Å²) in [6.45, 7) is 5.82. The van der Waals surface area contributed by atoms with Crippen molar-refractivity contribution in [2.24, 2.45) is 5.92 Å². The molecule has 35 heavy (non-hydrogen) atoms. The third kappa shape index (κ3) is 5.69. The number of fused-ring (bicyclic) bond motifs is 1. The number of aromatic nitrogens is 3. The number of anilines is 2. The van der Waals surface area contributed by atoms with Crippen molar-refractivity contribution in [3.63, 3.8) is 0 Å². The second-order valence-corrected chi connectivity index (χ2v) is 11.4. The average Bonchev–Trinajstić information content (AvgIpc) is 2.79. The minimum Gasteiger partial charge on any atom is -0.324 e. The Kier molecular flexibility index (Phi) is 6.83. The van der Waals surface area contributed by atoms with Crippen LogP contribution >= 0.6 is 0 Å². The van der Waals surface area contributed by atoms with Crippen LogP contribution in [0.3, 0.4) is 0 Å². The third-order valence-corrected chi connectivity index (χ3v) is 8.04. The lowest BCUT2D eigenvalue weighted by Gasteiger charge is -2.33. The first-order valence-corrected chi connectivity index (χ1v) is 13.8. The first kappa shape index (κ1) is 23.9. The molecule has 0 atom stereocenters. The fourth-order valence-corrected chi connectivity index (χ4v) is 5.39. The number of hydrogen-bond acceptors (Lipinski definition) is 8. The molecule has 0 bridgehead atoms. The van der Waals surface area contributed by atoms with Crippen LogP contribution in [0.1, 0.15) is 12.0 Å². The van der Waals surface area contributed by atoms with Gasteiger partial charge in [-0.1, -0.05) is 12.1 Å². The summed E-state index contributed by atoms with van der Waals surface area (Å²) >= 11 is 0. The minimum atomic E-state index is -3.13. The highest BCUT2D eigenvalue weighted by Crippen LogP contribution is 2.19. The van der Waals surface area contributed by atoms with E-state index in [1.54, 1.807) is 22.9 Å². The van der Waals surface area contributed by atoms with Crippen LogP contribution in [-0.4, -0.2) is 77.7 Å². The van der Waals surface area contributed by atoms with E-state index >= 15 is 0 Å². The van der Waals surface area contributed by atoms with Gasteiger partial charge in [-0.3, -0.25) is 14.3 Å². The van der Waals surface area contributed by atoms with E-state index in [2.05, 4.69) is 37.6 Å². The highest BCUT2D eigenvalue weighted by atomic mass is 32.2. The molecular formula is C24H31N7O3S. The van der Waals surface area contributed by atoms with Crippen molar-refractivity contribution in [3.05, 3.63) is 58.5 Å². The Labute approximate surface area is 205 Å². The maximum Gasteiger partial charge on any atom is 0.252 e. The molecule has 2 saturated heterocycles. The largest absolute Gasteiger partial charge is 0.324 e. The molecule has 0 spiro atoms. The molecule has 4 heterocycles. The van der Waals surface area contributed by atoms with Gasteiger partial charge in [0.25, 0.3) is 5.56 Å². The molecule has 0 aliphatic carbocycles. The number of nitrogens with zero attached hydrogens (tertiary/aromatic N) is 5. The second kappa shape index (κ2) is 10.0. The number of nitrogens with one attached hydrogen (secondary N) is 2. The van der Waals surface area contributed by atoms with Crippen molar-refractivity contribution in [1.82, 2.24) is 29.1 Å². The van der Waals surface area contributed by atoms with Gasteiger partial charge in [-0.25, -0.2) is 13.4 Å². The number of hydrogen-bond donors (Lipinski definition) is 2. The summed E-state index contributed by atoms with van der Waals surface area (Å²) in [4.78, 5) is 23.9. The highest BCUT2D eigenvalue weighted by Gasteiger charge is 2.23. The molecule has 0 amide bonds. The summed E-state index contributed by atoms with van der Waals surface area (Å²) in [6, 6.07) is 11.4. The molecule has 186 valence electrons. The van der Waals surface area contributed by atoms with E-state index in [0.717, 1.165) is 42.7 Å². The summed E-state index contributed by atoms with van der Waals surface area (Å²) in [7, 11) is -3.13. The summed E-state index contributed by atoms with van der Waals surface area (Å²) in [5.41, 5.74) is 2.58. The molecule has 2 aromatic heterocycles. The number of benzene rings is 1. The first-order valence-electron chi connectivity index (χ1n) is 12.0. The van der Waals surface area contributed by atoms with Crippen molar-refractivity contribution in [2.75, 3.05) is 50.8 Å². The molecule has 0 saturated carbocycles. The van der Waals surface area contributed by atoms with Crippen molar-refractivity contribution < 1.29 is 8.42 Å². The highest BCUT2D eigenvalue weighted by molar-refractivity contribution is 7.88. The molecule has 11 heteroatoms. The van der Waals surface area contributed by atoms with E-state index in [9.17, 15) is 13.2 Å². The van der Waals surface area contributed by atoms with Crippen LogP contribution in [-0.2, 0) is 23.1 Å². The Hall–Kier alpha value is -2.86. The Morgan fingerprint density at radius 2 is 1.91 bits per heavy atom. The summed E-state index contributed by atoms with van der Waals surface area (Å²) in [5.74, 6) is 1.05. The summed E-state index contributed by atoms with van der Waals surface area (Å²) < 4.78 is 26.8. The number of pyridine rings is 1. The lowest BCUT2D eigenvalue weighted by molar-refractivity contribution is 0.182. The van der Waals surface area contributed by atoms with Crippen LogP contribution in [0.2, 0.25) is 0 Å². The molecule has 10 nitrogen and oxygen atoms in total. The molecule has 2 N–H and O–H groups in total. The van der Waals surface area contributed by atoms with Crippen molar-refractivity contribution in [2.45, 2.75) is 19.5 Å². The summed E-state index contributed by atoms with van der Waals surface area (Å²) in [6.07, 6.45) is 3.95. The number of aryl methyl sites for hydroxylation is 1. The van der Waals surface area contributed by atoms with Crippen LogP contribution in [0.5, 0.6) is 0 Å². The second-order valence-electron chi connectivity index (χ2n) is 9.37. The Bertz CT molecular complexity index is 1360. The molecule has 0 unspecified atom stereocenters. The van der Waals surface area contributed by atoms with Crippen molar-refractivity contribution in [3.8, 4) is 0 Å². The number of rotatable bonds is 8. The minimum absolute atomic E-state index is 0.0487. The zero-order valence-electron chi connectivity index (χ0n) is 19.9. The SMILES string of the molecule is CS(=O)(=O)N1CCN(Cc2cccc(Nc3ncc4ccc(=O)n(CCC5CNC5)c4n3)c2)CC1. The Morgan fingerprint density at radius 1 is 1.11 bits per heavy atom. The van der Waals surface area contributed by atoms with Gasteiger partial charge in [-0.05, 0) is 49.2 Å². The van der Waals surface area contributed by atoms with Gasteiger partial charge in [0.15, 0.2) is 0 Å². The zero-order valence-corrected chi connectivity index (χ0v) is 20.7. The van der Waals surface area contributed by atoms with Gasteiger partial charge in [-0.2, -0.15) is 9.29 Å². The maximum absolute atomic E-state index is 12.6. The zero-order chi connectivity index (χ0) is 24.4. The Balaban J connectivity index is 1.28. The first-order chi connectivity index (χ1) is 16.8. The van der Waals surface area contributed by atoms with Crippen molar-refractivity contribution >= 4 is 32.7 Å². The maximum atomic E-state index is 12.6. The van der Waals surface area contributed by atoms with Crippen molar-refractivity contribution in [1.29, 1.82) is 0 Å². The smallest absolute Gasteiger partial charge is 0.252 e. The third-order valence-electron chi connectivity index (χ3n) is 6.74. The van der Waals surface area contributed by atoms with E-state index in [1.165, 1.54) is 10.6 Å². The Morgan fingerprint density at radius 3 is 2.63 bits per heavy atom. The molecular weight excluding hydrogens is 466 g/mol. The molecule has 2 fully saturated rings. The topological polar surface area (TPSA) is 112 Å². The van der Waals surface area contributed by atoms with E-state index in [0.29, 0.717) is 50.2 Å². The van der Waals surface area contributed by atoms with Gasteiger partial charge < -0.3 is 10.6 Å². The summed E-state index contributed by atoms with van der Waals surface area (Å²) in [5, 5.41) is 7.39. The average molecular weight is 498 g/mol. The monoisotopic (exact) mass is 497 g/mol. The fourth-order valence-electron chi connectivity index (χ4n) is 4.57. The van der Waals surface area contributed by atoms with Gasteiger partial charge in [0.2, 0.25) is 16.0 Å². The predicted molar refractivity (Wildman–Crippen MR) is 136 cm³/mol. The quantitative estimate of drug-likeness (QED) is 0.478. The van der Waals surface area contributed by atoms with Gasteiger partial charge in [0.1, 0.15) is 5.65 Å². The molecule has 3 aromatic rings. The van der Waals surface area contributed by atoms with Crippen LogP contribution in [0.4, 0.5) is 11.6 Å². The molecule has 2 aliphatic rings. The standard InChI is InChI=1S/C24H31N7O3S/c1-35(33,34)30-11-9-29(10-12-30)17-18-3-2-4-21(13-18)27-24-26-16-20-5-6-22(32)31(23(20)28-24)8-7-19-14-25-15-19/h2-6,13,16,19,25H,7-12,14-15,17H2,1H3,(H,26,27,28). The molecule has 1 aromatic carbocycles. The van der Waals surface area contributed by atoms with Crippen LogP contribution in [0.15, 0.2) is 47.4 Å². The van der Waals surface area contributed by atoms with E-state index in [-0.39, 0.29) is 5.56 Å². The van der Waals surface area contributed by atoms with E-state index < -0.39 is 10.0 Å². The number of piperazine rings is 1. The molecule has 5 rings (SSSR count). The lowest BCUT2D eigenvalue weighted by atomic mass is 9.99. The normalized spacial score (nSPS) is 18.0. The van der Waals surface area contributed by atoms with Gasteiger partial charge >= 0.3 is 0 Å². The predicted octanol–water partition coefficient (Wildman–Crippen LogP) is 1.22. The van der Waals surface area contributed by atoms with Gasteiger partial charge in [-0.15, -0.1) is 0 Å². The van der Waals surface area contributed by atoms with Crippen LogP contribution in [0, 0.1) is 5.92 Å². The van der Waals surface area contributed by atoms with Gasteiger partial charge in [0.05, 0.1) is 6.26 Å². The molecule has 0 radical (unpaired) electrons. The van der Waals surface area contributed by atoms with E-state index in [1.807, 2.05) is 12.1 Å². The fraction of sp³-hybridized carbons (Fsp3) is 0.458. The van der Waals surface area contributed by atoms with Crippen LogP contribution in [0.25, 0.3) is 11.0 Å². The van der Waals surface area contributed by atoms with Crippen LogP contribution < -0.4 is 16.2 Å². The van der Waals surface area contributed by atoms with E-state index in [4.69, 9.17) is 0 Å².